The van der Waals surface area contributed by atoms with Crippen molar-refractivity contribution < 1.29 is 4.74 Å². The molecular formula is C28H36O. The first kappa shape index (κ1) is 21.6. The zero-order valence-corrected chi connectivity index (χ0v) is 18.1. The van der Waals surface area contributed by atoms with Crippen LogP contribution in [0.4, 0.5) is 0 Å². The third-order valence-electron chi connectivity index (χ3n) is 6.11. The van der Waals surface area contributed by atoms with Crippen LogP contribution in [0.25, 0.3) is 11.1 Å². The maximum atomic E-state index is 5.69. The smallest absolute Gasteiger partial charge is 0.0721 e. The largest absolute Gasteiger partial charge is 0.373 e. The molecule has 0 N–H and O–H groups in total. The fourth-order valence-corrected chi connectivity index (χ4v) is 4.28. The van der Waals surface area contributed by atoms with E-state index in [1.54, 1.807) is 0 Å². The first-order valence-electron chi connectivity index (χ1n) is 11.3. The molecule has 154 valence electrons. The monoisotopic (exact) mass is 388 g/mol. The highest BCUT2D eigenvalue weighted by Crippen LogP contribution is 2.37. The van der Waals surface area contributed by atoms with Crippen LogP contribution in [0, 0.1) is 5.92 Å². The minimum atomic E-state index is 0.671. The van der Waals surface area contributed by atoms with E-state index in [4.69, 9.17) is 4.74 Å². The maximum Gasteiger partial charge on any atom is 0.0721 e. The van der Waals surface area contributed by atoms with Crippen LogP contribution in [0.2, 0.25) is 0 Å². The molecule has 0 spiro atoms. The predicted molar refractivity (Wildman–Crippen MR) is 125 cm³/mol. The van der Waals surface area contributed by atoms with Gasteiger partial charge in [0.25, 0.3) is 0 Å². The van der Waals surface area contributed by atoms with E-state index >= 15 is 0 Å². The summed E-state index contributed by atoms with van der Waals surface area (Å²) in [6.07, 6.45) is 16.5. The average Bonchev–Trinajstić information content (AvgIpc) is 2.78. The Bertz CT molecular complexity index is 759. The zero-order valence-electron chi connectivity index (χ0n) is 18.1. The minimum Gasteiger partial charge on any atom is -0.373 e. The van der Waals surface area contributed by atoms with E-state index in [1.807, 2.05) is 0 Å². The first-order chi connectivity index (χ1) is 14.3. The van der Waals surface area contributed by atoms with Gasteiger partial charge in [-0.1, -0.05) is 79.8 Å². The van der Waals surface area contributed by atoms with Crippen molar-refractivity contribution in [3.8, 4) is 11.1 Å². The van der Waals surface area contributed by atoms with Crippen molar-refractivity contribution in [2.45, 2.75) is 64.9 Å². The van der Waals surface area contributed by atoms with Crippen molar-refractivity contribution in [3.63, 3.8) is 0 Å². The molecule has 2 aromatic rings. The van der Waals surface area contributed by atoms with Gasteiger partial charge in [0.1, 0.15) is 0 Å². The number of allylic oxidation sites excluding steroid dienone is 3. The Labute approximate surface area is 177 Å². The summed E-state index contributed by atoms with van der Waals surface area (Å²) >= 11 is 0. The summed E-state index contributed by atoms with van der Waals surface area (Å²) in [7, 11) is 0. The summed E-state index contributed by atoms with van der Waals surface area (Å²) in [5.41, 5.74) is 5.32. The highest BCUT2D eigenvalue weighted by atomic mass is 16.5. The predicted octanol–water partition coefficient (Wildman–Crippen LogP) is 8.08. The van der Waals surface area contributed by atoms with Crippen molar-refractivity contribution in [2.24, 2.45) is 5.92 Å². The summed E-state index contributed by atoms with van der Waals surface area (Å²) in [5, 5.41) is 0. The molecule has 0 amide bonds. The third kappa shape index (κ3) is 6.72. The molecule has 0 atom stereocenters. The minimum absolute atomic E-state index is 0.671. The lowest BCUT2D eigenvalue weighted by molar-refractivity contribution is 0.148. The van der Waals surface area contributed by atoms with E-state index in [9.17, 15) is 0 Å². The van der Waals surface area contributed by atoms with Crippen molar-refractivity contribution in [1.82, 2.24) is 0 Å². The van der Waals surface area contributed by atoms with Crippen LogP contribution < -0.4 is 0 Å². The van der Waals surface area contributed by atoms with Gasteiger partial charge in [0.2, 0.25) is 0 Å². The molecule has 29 heavy (non-hydrogen) atoms. The lowest BCUT2D eigenvalue weighted by Gasteiger charge is -2.28. The highest BCUT2D eigenvalue weighted by Gasteiger charge is 2.21. The van der Waals surface area contributed by atoms with E-state index in [2.05, 4.69) is 86.7 Å². The molecule has 1 saturated carbocycles. The molecule has 0 unspecified atom stereocenters. The van der Waals surface area contributed by atoms with Gasteiger partial charge in [0.15, 0.2) is 0 Å². The van der Waals surface area contributed by atoms with Gasteiger partial charge in [-0.05, 0) is 79.5 Å². The Hall–Kier alpha value is -2.12. The topological polar surface area (TPSA) is 9.23 Å². The second kappa shape index (κ2) is 11.8. The second-order valence-electron chi connectivity index (χ2n) is 8.24. The molecule has 1 nitrogen and oxygen atoms in total. The van der Waals surface area contributed by atoms with Crippen molar-refractivity contribution in [2.75, 3.05) is 6.61 Å². The summed E-state index contributed by atoms with van der Waals surface area (Å²) in [6, 6.07) is 18.1. The standard InChI is InChI=1S/C28H36O/c1-3-5-7-21-29-22-24-11-15-26(16-12-24)28-19-17-27(18-20-28)25-13-9-23(10-14-25)8-6-4-2/h4-7,11-12,15-20,23,25H,3,8-10,13-14,21-22H2,1-2H3/b6-4+,7-5+. The summed E-state index contributed by atoms with van der Waals surface area (Å²) in [6.45, 7) is 5.62. The molecule has 1 aliphatic carbocycles. The Morgan fingerprint density at radius 2 is 1.48 bits per heavy atom. The SMILES string of the molecule is C/C=C/CC1CCC(c2ccc(-c3ccc(COC/C=C/CC)cc3)cc2)CC1. The van der Waals surface area contributed by atoms with Gasteiger partial charge in [0, 0.05) is 0 Å². The molecule has 0 heterocycles. The van der Waals surface area contributed by atoms with Gasteiger partial charge in [-0.3, -0.25) is 0 Å². The van der Waals surface area contributed by atoms with Crippen LogP contribution in [0.3, 0.4) is 0 Å². The molecule has 0 saturated heterocycles. The van der Waals surface area contributed by atoms with E-state index in [0.717, 1.165) is 18.3 Å². The van der Waals surface area contributed by atoms with Crippen LogP contribution in [-0.2, 0) is 11.3 Å². The van der Waals surface area contributed by atoms with Gasteiger partial charge < -0.3 is 4.74 Å². The van der Waals surface area contributed by atoms with Crippen LogP contribution in [0.15, 0.2) is 72.8 Å². The Morgan fingerprint density at radius 3 is 2.10 bits per heavy atom. The number of ether oxygens (including phenoxy) is 1. The van der Waals surface area contributed by atoms with E-state index in [1.165, 1.54) is 54.4 Å². The maximum absolute atomic E-state index is 5.69. The third-order valence-corrected chi connectivity index (χ3v) is 6.11. The molecule has 0 aromatic heterocycles. The van der Waals surface area contributed by atoms with E-state index < -0.39 is 0 Å². The molecule has 0 radical (unpaired) electrons. The van der Waals surface area contributed by atoms with E-state index in [-0.39, 0.29) is 0 Å². The number of hydrogen-bond donors (Lipinski definition) is 0. The number of benzene rings is 2. The normalized spacial score (nSPS) is 19.9. The van der Waals surface area contributed by atoms with Gasteiger partial charge in [-0.2, -0.15) is 0 Å². The van der Waals surface area contributed by atoms with Gasteiger partial charge in [0.05, 0.1) is 13.2 Å². The molecule has 0 aliphatic heterocycles. The van der Waals surface area contributed by atoms with Crippen LogP contribution in [0.1, 0.15) is 69.4 Å². The Balaban J connectivity index is 1.51. The molecular weight excluding hydrogens is 352 g/mol. The number of rotatable bonds is 9. The van der Waals surface area contributed by atoms with Crippen LogP contribution in [0.5, 0.6) is 0 Å². The molecule has 0 bridgehead atoms. The lowest BCUT2D eigenvalue weighted by Crippen LogP contribution is -2.12. The molecule has 1 heteroatoms. The second-order valence-corrected chi connectivity index (χ2v) is 8.24. The van der Waals surface area contributed by atoms with Crippen molar-refractivity contribution in [3.05, 3.63) is 84.0 Å². The molecule has 1 aliphatic rings. The average molecular weight is 389 g/mol. The van der Waals surface area contributed by atoms with Gasteiger partial charge in [-0.15, -0.1) is 0 Å². The van der Waals surface area contributed by atoms with Gasteiger partial charge >= 0.3 is 0 Å². The lowest BCUT2D eigenvalue weighted by atomic mass is 9.77. The van der Waals surface area contributed by atoms with Crippen LogP contribution >= 0.6 is 0 Å². The first-order valence-corrected chi connectivity index (χ1v) is 11.3. The summed E-state index contributed by atoms with van der Waals surface area (Å²) in [5.74, 6) is 1.64. The Morgan fingerprint density at radius 1 is 0.828 bits per heavy atom. The van der Waals surface area contributed by atoms with Crippen LogP contribution in [-0.4, -0.2) is 6.61 Å². The van der Waals surface area contributed by atoms with Gasteiger partial charge in [-0.25, -0.2) is 0 Å². The summed E-state index contributed by atoms with van der Waals surface area (Å²) < 4.78 is 5.69. The van der Waals surface area contributed by atoms with Crippen molar-refractivity contribution in [1.29, 1.82) is 0 Å². The zero-order chi connectivity index (χ0) is 20.3. The Kier molecular flexibility index (Phi) is 8.77. The quantitative estimate of drug-likeness (QED) is 0.311. The fourth-order valence-electron chi connectivity index (χ4n) is 4.28. The molecule has 1 fully saturated rings. The number of hydrogen-bond acceptors (Lipinski definition) is 1. The molecule has 3 rings (SSSR count). The van der Waals surface area contributed by atoms with E-state index in [0.29, 0.717) is 13.2 Å². The fraction of sp³-hybridized carbons (Fsp3) is 0.429. The summed E-state index contributed by atoms with van der Waals surface area (Å²) in [4.78, 5) is 0. The van der Waals surface area contributed by atoms with Crippen molar-refractivity contribution >= 4 is 0 Å². The highest BCUT2D eigenvalue weighted by molar-refractivity contribution is 5.64. The molecule has 2 aromatic carbocycles.